The predicted octanol–water partition coefficient (Wildman–Crippen LogP) is 2.76. The molecule has 0 bridgehead atoms. The molecule has 3 nitrogen and oxygen atoms in total. The molecule has 72 valence electrons. The van der Waals surface area contributed by atoms with E-state index in [0.717, 1.165) is 5.69 Å². The van der Waals surface area contributed by atoms with E-state index in [2.05, 4.69) is 5.10 Å². The number of hydrogen-bond acceptors (Lipinski definition) is 2. The van der Waals surface area contributed by atoms with E-state index in [1.807, 2.05) is 12.1 Å². The van der Waals surface area contributed by atoms with Gasteiger partial charge in [0.05, 0.1) is 11.9 Å². The summed E-state index contributed by atoms with van der Waals surface area (Å²) in [5, 5.41) is 5.15. The van der Waals surface area contributed by atoms with Gasteiger partial charge in [0.2, 0.25) is 0 Å². The molecule has 0 fully saturated rings. The van der Waals surface area contributed by atoms with Crippen LogP contribution in [0.5, 0.6) is 0 Å². The summed E-state index contributed by atoms with van der Waals surface area (Å²) in [7, 11) is 0. The molecule has 0 amide bonds. The van der Waals surface area contributed by atoms with Crippen LogP contribution in [0.1, 0.15) is 0 Å². The molecule has 2 rings (SSSR count). The Balaban J connectivity index is 2.44. The van der Waals surface area contributed by atoms with Gasteiger partial charge >= 0.3 is 0 Å². The first kappa shape index (κ1) is 9.37. The summed E-state index contributed by atoms with van der Waals surface area (Å²) in [6.45, 7) is 0. The highest BCUT2D eigenvalue weighted by atomic mass is 35.5. The van der Waals surface area contributed by atoms with Crippen LogP contribution in [-0.2, 0) is 0 Å². The smallest absolute Gasteiger partial charge is 0.164 e. The summed E-state index contributed by atoms with van der Waals surface area (Å²) in [5.74, 6) is 0.321. The second-order valence-electron chi connectivity index (χ2n) is 2.78. The number of nitrogens with two attached hydrogens (primary N) is 1. The summed E-state index contributed by atoms with van der Waals surface area (Å²) >= 11 is 11.5. The van der Waals surface area contributed by atoms with Gasteiger partial charge < -0.3 is 5.73 Å². The van der Waals surface area contributed by atoms with Crippen molar-refractivity contribution < 1.29 is 0 Å². The lowest BCUT2D eigenvalue weighted by atomic mass is 10.3. The summed E-state index contributed by atoms with van der Waals surface area (Å²) in [6, 6.07) is 7.24. The molecule has 0 aliphatic carbocycles. The molecular weight excluding hydrogens is 221 g/mol. The average Bonchev–Trinajstić information content (AvgIpc) is 2.48. The normalized spacial score (nSPS) is 10.4. The number of halogens is 2. The Hall–Kier alpha value is -1.19. The number of anilines is 1. The first-order chi connectivity index (χ1) is 6.66. The lowest BCUT2D eigenvalue weighted by Gasteiger charge is -1.99. The zero-order chi connectivity index (χ0) is 10.1. The van der Waals surface area contributed by atoms with Crippen LogP contribution >= 0.6 is 23.2 Å². The molecule has 2 N–H and O–H groups in total. The van der Waals surface area contributed by atoms with Crippen molar-refractivity contribution in [2.45, 2.75) is 0 Å². The summed E-state index contributed by atoms with van der Waals surface area (Å²) < 4.78 is 1.61. The van der Waals surface area contributed by atoms with Crippen molar-refractivity contribution in [1.29, 1.82) is 0 Å². The topological polar surface area (TPSA) is 43.8 Å². The fraction of sp³-hybridized carbons (Fsp3) is 0. The van der Waals surface area contributed by atoms with Gasteiger partial charge in [-0.05, 0) is 24.3 Å². The molecule has 14 heavy (non-hydrogen) atoms. The molecule has 1 heterocycles. The highest BCUT2D eigenvalue weighted by molar-refractivity contribution is 6.32. The molecule has 1 aromatic carbocycles. The lowest BCUT2D eigenvalue weighted by molar-refractivity contribution is 0.886. The Bertz CT molecular complexity index is 428. The zero-order valence-corrected chi connectivity index (χ0v) is 8.63. The molecule has 1 aromatic heterocycles. The van der Waals surface area contributed by atoms with Crippen LogP contribution in [0.2, 0.25) is 10.0 Å². The quantitative estimate of drug-likeness (QED) is 0.815. The number of aromatic nitrogens is 2. The molecule has 0 saturated carbocycles. The van der Waals surface area contributed by atoms with Gasteiger partial charge in [0.1, 0.15) is 5.02 Å². The third kappa shape index (κ3) is 1.69. The van der Waals surface area contributed by atoms with Crippen molar-refractivity contribution in [3.05, 3.63) is 40.5 Å². The monoisotopic (exact) mass is 227 g/mol. The number of nitrogen functional groups attached to an aromatic ring is 1. The van der Waals surface area contributed by atoms with E-state index >= 15 is 0 Å². The minimum Gasteiger partial charge on any atom is -0.381 e. The standard InChI is InChI=1S/C9H7Cl2N3/c10-6-1-3-7(4-2-6)14-5-8(11)9(12)13-14/h1-5H,(H2,12,13). The molecule has 0 aliphatic rings. The Morgan fingerprint density at radius 2 is 1.79 bits per heavy atom. The van der Waals surface area contributed by atoms with Crippen LogP contribution in [0.3, 0.4) is 0 Å². The van der Waals surface area contributed by atoms with Crippen LogP contribution in [0.4, 0.5) is 5.82 Å². The Morgan fingerprint density at radius 3 is 2.29 bits per heavy atom. The fourth-order valence-corrected chi connectivity index (χ4v) is 1.35. The van der Waals surface area contributed by atoms with Gasteiger partial charge in [-0.2, -0.15) is 0 Å². The van der Waals surface area contributed by atoms with E-state index in [0.29, 0.717) is 15.9 Å². The minimum absolute atomic E-state index is 0.321. The van der Waals surface area contributed by atoms with E-state index in [1.54, 1.807) is 23.0 Å². The van der Waals surface area contributed by atoms with E-state index < -0.39 is 0 Å². The van der Waals surface area contributed by atoms with Gasteiger partial charge in [-0.1, -0.05) is 23.2 Å². The maximum absolute atomic E-state index is 5.78. The second kappa shape index (κ2) is 3.52. The average molecular weight is 228 g/mol. The third-order valence-electron chi connectivity index (χ3n) is 1.79. The van der Waals surface area contributed by atoms with Gasteiger partial charge in [0.15, 0.2) is 5.82 Å². The first-order valence-electron chi connectivity index (χ1n) is 3.93. The highest BCUT2D eigenvalue weighted by Gasteiger charge is 2.03. The summed E-state index contributed by atoms with van der Waals surface area (Å²) in [6.07, 6.45) is 1.65. The van der Waals surface area contributed by atoms with E-state index in [-0.39, 0.29) is 0 Å². The van der Waals surface area contributed by atoms with Crippen molar-refractivity contribution in [3.8, 4) is 5.69 Å². The summed E-state index contributed by atoms with van der Waals surface area (Å²) in [5.41, 5.74) is 6.39. The van der Waals surface area contributed by atoms with Crippen molar-refractivity contribution in [3.63, 3.8) is 0 Å². The van der Waals surface area contributed by atoms with Crippen molar-refractivity contribution in [2.75, 3.05) is 5.73 Å². The van der Waals surface area contributed by atoms with E-state index in [1.165, 1.54) is 0 Å². The van der Waals surface area contributed by atoms with Crippen LogP contribution in [0.15, 0.2) is 30.5 Å². The van der Waals surface area contributed by atoms with Crippen molar-refractivity contribution >= 4 is 29.0 Å². The molecule has 0 saturated heterocycles. The maximum Gasteiger partial charge on any atom is 0.164 e. The van der Waals surface area contributed by atoms with Gasteiger partial charge in [-0.3, -0.25) is 0 Å². The van der Waals surface area contributed by atoms with Crippen molar-refractivity contribution in [1.82, 2.24) is 9.78 Å². The van der Waals surface area contributed by atoms with Gasteiger partial charge in [-0.15, -0.1) is 5.10 Å². The molecule has 0 unspecified atom stereocenters. The second-order valence-corrected chi connectivity index (χ2v) is 3.63. The van der Waals surface area contributed by atoms with Crippen LogP contribution in [0.25, 0.3) is 5.69 Å². The van der Waals surface area contributed by atoms with Gasteiger partial charge in [0, 0.05) is 5.02 Å². The minimum atomic E-state index is 0.321. The molecule has 5 heteroatoms. The Kier molecular flexibility index (Phi) is 2.35. The molecule has 0 aliphatic heterocycles. The summed E-state index contributed by atoms with van der Waals surface area (Å²) in [4.78, 5) is 0. The number of rotatable bonds is 1. The molecule has 2 aromatic rings. The third-order valence-corrected chi connectivity index (χ3v) is 2.33. The van der Waals surface area contributed by atoms with Crippen LogP contribution < -0.4 is 5.73 Å². The maximum atomic E-state index is 5.78. The molecule has 0 spiro atoms. The lowest BCUT2D eigenvalue weighted by Crippen LogP contribution is -1.95. The van der Waals surface area contributed by atoms with E-state index in [9.17, 15) is 0 Å². The molecule has 0 radical (unpaired) electrons. The van der Waals surface area contributed by atoms with E-state index in [4.69, 9.17) is 28.9 Å². The van der Waals surface area contributed by atoms with Crippen molar-refractivity contribution in [2.24, 2.45) is 0 Å². The zero-order valence-electron chi connectivity index (χ0n) is 7.11. The van der Waals surface area contributed by atoms with Crippen LogP contribution in [0, 0.1) is 0 Å². The molecule has 0 atom stereocenters. The largest absolute Gasteiger partial charge is 0.381 e. The van der Waals surface area contributed by atoms with Gasteiger partial charge in [0.25, 0.3) is 0 Å². The highest BCUT2D eigenvalue weighted by Crippen LogP contribution is 2.19. The Morgan fingerprint density at radius 1 is 1.14 bits per heavy atom. The number of hydrogen-bond donors (Lipinski definition) is 1. The number of benzene rings is 1. The first-order valence-corrected chi connectivity index (χ1v) is 4.69. The Labute approximate surface area is 91.0 Å². The fourth-order valence-electron chi connectivity index (χ4n) is 1.09. The molecular formula is C9H7Cl2N3. The predicted molar refractivity (Wildman–Crippen MR) is 58.0 cm³/mol. The van der Waals surface area contributed by atoms with Gasteiger partial charge in [-0.25, -0.2) is 4.68 Å². The SMILES string of the molecule is Nc1nn(-c2ccc(Cl)cc2)cc1Cl. The number of nitrogens with zero attached hydrogens (tertiary/aromatic N) is 2. The van der Waals surface area contributed by atoms with Crippen LogP contribution in [-0.4, -0.2) is 9.78 Å².